The molecule has 1 fully saturated rings. The summed E-state index contributed by atoms with van der Waals surface area (Å²) < 4.78 is 24.2. The van der Waals surface area contributed by atoms with Crippen LogP contribution in [0.3, 0.4) is 0 Å². The molecule has 0 spiro atoms. The number of aliphatic hydroxyl groups excluding tert-OH is 1. The zero-order valence-electron chi connectivity index (χ0n) is 26.4. The summed E-state index contributed by atoms with van der Waals surface area (Å²) in [7, 11) is 3.30. The number of nitrogens with zero attached hydrogens (tertiary/aromatic N) is 1. The summed E-state index contributed by atoms with van der Waals surface area (Å²) in [6.07, 6.45) is 1.98. The lowest BCUT2D eigenvalue weighted by atomic mass is 9.97. The highest BCUT2D eigenvalue weighted by molar-refractivity contribution is 5.90. The Bertz CT molecular complexity index is 1480. The minimum Gasteiger partial charge on any atom is -0.493 e. The highest BCUT2D eigenvalue weighted by Gasteiger charge is 2.34. The Labute approximate surface area is 269 Å². The first-order valence-corrected chi connectivity index (χ1v) is 15.7. The molecule has 1 saturated heterocycles. The maximum Gasteiger partial charge on any atom is 0.243 e. The lowest BCUT2D eigenvalue weighted by Crippen LogP contribution is -2.41. The molecular weight excluding hydrogens is 590 g/mol. The molecule has 11 nitrogen and oxygen atoms in total. The van der Waals surface area contributed by atoms with Gasteiger partial charge in [0.1, 0.15) is 0 Å². The monoisotopic (exact) mass is 633 g/mol. The second-order valence-electron chi connectivity index (χ2n) is 11.7. The van der Waals surface area contributed by atoms with Gasteiger partial charge in [0.2, 0.25) is 11.8 Å². The summed E-state index contributed by atoms with van der Waals surface area (Å²) in [5, 5.41) is 21.1. The van der Waals surface area contributed by atoms with Gasteiger partial charge in [-0.15, -0.1) is 0 Å². The van der Waals surface area contributed by atoms with Gasteiger partial charge in [-0.25, -0.2) is 5.48 Å². The number of methoxy groups -OCH3 is 2. The Hall–Kier alpha value is -4.00. The van der Waals surface area contributed by atoms with Crippen LogP contribution in [-0.4, -0.2) is 60.4 Å². The molecule has 0 radical (unpaired) electrons. The normalized spacial score (nSPS) is 19.6. The average Bonchev–Trinajstić information content (AvgIpc) is 3.09. The molecule has 246 valence electrons. The van der Waals surface area contributed by atoms with Crippen molar-refractivity contribution in [1.82, 2.24) is 10.4 Å². The zero-order valence-corrected chi connectivity index (χ0v) is 26.4. The van der Waals surface area contributed by atoms with Gasteiger partial charge >= 0.3 is 0 Å². The maximum absolute atomic E-state index is 12.6. The van der Waals surface area contributed by atoms with Gasteiger partial charge in [0.25, 0.3) is 0 Å². The fourth-order valence-electron chi connectivity index (χ4n) is 6.03. The van der Waals surface area contributed by atoms with E-state index >= 15 is 0 Å². The Morgan fingerprint density at radius 1 is 0.913 bits per heavy atom. The van der Waals surface area contributed by atoms with Crippen molar-refractivity contribution >= 4 is 17.5 Å². The number of nitrogens with one attached hydrogen (secondary N) is 2. The molecule has 0 aliphatic carbocycles. The summed E-state index contributed by atoms with van der Waals surface area (Å²) in [4.78, 5) is 26.2. The van der Waals surface area contributed by atoms with Gasteiger partial charge in [0.15, 0.2) is 17.8 Å². The number of ether oxygens (including phenoxy) is 4. The van der Waals surface area contributed by atoms with Crippen LogP contribution in [0.25, 0.3) is 0 Å². The van der Waals surface area contributed by atoms with Gasteiger partial charge in [-0.3, -0.25) is 19.7 Å². The number of rotatable bonds is 13. The lowest BCUT2D eigenvalue weighted by molar-refractivity contribution is -0.253. The number of carbonyl (C=O) groups excluding carboxylic acids is 2. The van der Waals surface area contributed by atoms with E-state index in [1.54, 1.807) is 19.7 Å². The lowest BCUT2D eigenvalue weighted by Gasteiger charge is -2.39. The van der Waals surface area contributed by atoms with E-state index < -0.39 is 12.2 Å². The third kappa shape index (κ3) is 8.62. The Morgan fingerprint density at radius 3 is 2.33 bits per heavy atom. The number of aliphatic hydroxyl groups is 1. The number of hydrogen-bond donors (Lipinski definition) is 4. The van der Waals surface area contributed by atoms with Crippen LogP contribution in [0.5, 0.6) is 11.5 Å². The number of hydrogen-bond acceptors (Lipinski definition) is 9. The molecular formula is C35H43N3O8. The number of anilines is 1. The van der Waals surface area contributed by atoms with Gasteiger partial charge in [-0.2, -0.15) is 0 Å². The van der Waals surface area contributed by atoms with Crippen LogP contribution in [0.2, 0.25) is 0 Å². The van der Waals surface area contributed by atoms with E-state index in [1.165, 1.54) is 11.1 Å². The summed E-state index contributed by atoms with van der Waals surface area (Å²) in [5.74, 6) is 0.836. The number of unbranched alkanes of at least 4 members (excludes halogenated alkanes) is 1. The molecule has 2 amide bonds. The molecule has 0 bridgehead atoms. The zero-order chi connectivity index (χ0) is 32.5. The summed E-state index contributed by atoms with van der Waals surface area (Å²) >= 11 is 0. The first-order valence-electron chi connectivity index (χ1n) is 15.7. The number of benzene rings is 3. The van der Waals surface area contributed by atoms with Gasteiger partial charge in [0, 0.05) is 50.1 Å². The van der Waals surface area contributed by atoms with Crippen LogP contribution in [0.4, 0.5) is 5.69 Å². The second-order valence-corrected chi connectivity index (χ2v) is 11.7. The van der Waals surface area contributed by atoms with Crippen LogP contribution in [0.15, 0.2) is 60.7 Å². The Balaban J connectivity index is 1.29. The topological polar surface area (TPSA) is 139 Å². The Morgan fingerprint density at radius 2 is 1.63 bits per heavy atom. The van der Waals surface area contributed by atoms with Gasteiger partial charge in [0.05, 0.1) is 33.0 Å². The van der Waals surface area contributed by atoms with E-state index in [-0.39, 0.29) is 37.6 Å². The predicted molar refractivity (Wildman–Crippen MR) is 170 cm³/mol. The first kappa shape index (κ1) is 33.4. The minimum absolute atomic E-state index is 0.0240. The van der Waals surface area contributed by atoms with Crippen molar-refractivity contribution in [3.63, 3.8) is 0 Å². The average molecular weight is 634 g/mol. The molecule has 0 saturated carbocycles. The van der Waals surface area contributed by atoms with Crippen LogP contribution in [0, 0.1) is 0 Å². The van der Waals surface area contributed by atoms with Crippen LogP contribution < -0.4 is 20.3 Å². The van der Waals surface area contributed by atoms with Gasteiger partial charge in [-0.1, -0.05) is 36.4 Å². The number of hydroxylamine groups is 1. The van der Waals surface area contributed by atoms with E-state index in [9.17, 15) is 14.7 Å². The van der Waals surface area contributed by atoms with Crippen molar-refractivity contribution in [2.45, 2.75) is 70.2 Å². The minimum atomic E-state index is -0.656. The first-order chi connectivity index (χ1) is 22.4. The molecule has 3 atom stereocenters. The predicted octanol–water partition coefficient (Wildman–Crippen LogP) is 4.80. The van der Waals surface area contributed by atoms with Crippen molar-refractivity contribution < 1.29 is 38.9 Å². The maximum atomic E-state index is 12.6. The van der Waals surface area contributed by atoms with E-state index in [0.717, 1.165) is 47.7 Å². The highest BCUT2D eigenvalue weighted by Crippen LogP contribution is 2.39. The van der Waals surface area contributed by atoms with E-state index in [0.29, 0.717) is 31.5 Å². The van der Waals surface area contributed by atoms with Crippen LogP contribution in [-0.2, 0) is 38.6 Å². The molecule has 2 heterocycles. The molecule has 3 aromatic rings. The largest absolute Gasteiger partial charge is 0.493 e. The van der Waals surface area contributed by atoms with Crippen molar-refractivity contribution in [3.8, 4) is 11.5 Å². The molecule has 0 aromatic heterocycles. The summed E-state index contributed by atoms with van der Waals surface area (Å²) in [6.45, 7) is 2.34. The SMILES string of the molecule is COc1cc2c(cc1OC)CN(C[C@@H]1C[C@H](c3ccc(CO)cc3)O[C@H](c3cccc(NC(=O)CCCCC(=O)NO)c3)O1)CC2. The quantitative estimate of drug-likeness (QED) is 0.119. The second kappa shape index (κ2) is 16.0. The highest BCUT2D eigenvalue weighted by atomic mass is 16.7. The molecule has 2 aliphatic heterocycles. The number of fused-ring (bicyclic) bond motifs is 1. The number of carbonyl (C=O) groups is 2. The smallest absolute Gasteiger partial charge is 0.243 e. The van der Waals surface area contributed by atoms with Crippen molar-refractivity contribution in [2.75, 3.05) is 32.6 Å². The van der Waals surface area contributed by atoms with Gasteiger partial charge < -0.3 is 29.4 Å². The third-order valence-corrected chi connectivity index (χ3v) is 8.50. The van der Waals surface area contributed by atoms with E-state index in [2.05, 4.69) is 22.3 Å². The van der Waals surface area contributed by atoms with E-state index in [4.69, 9.17) is 24.2 Å². The molecule has 5 rings (SSSR count). The number of amides is 2. The van der Waals surface area contributed by atoms with Crippen LogP contribution in [0.1, 0.15) is 72.3 Å². The molecule has 46 heavy (non-hydrogen) atoms. The van der Waals surface area contributed by atoms with Crippen molar-refractivity contribution in [1.29, 1.82) is 0 Å². The fourth-order valence-corrected chi connectivity index (χ4v) is 6.03. The molecule has 0 unspecified atom stereocenters. The molecule has 4 N–H and O–H groups in total. The van der Waals surface area contributed by atoms with Crippen LogP contribution >= 0.6 is 0 Å². The summed E-state index contributed by atoms with van der Waals surface area (Å²) in [6, 6.07) is 19.4. The van der Waals surface area contributed by atoms with E-state index in [1.807, 2.05) is 48.5 Å². The molecule has 3 aromatic carbocycles. The summed E-state index contributed by atoms with van der Waals surface area (Å²) in [5.41, 5.74) is 7.34. The van der Waals surface area contributed by atoms with Gasteiger partial charge in [-0.05, 0) is 65.8 Å². The third-order valence-electron chi connectivity index (χ3n) is 8.50. The molecule has 2 aliphatic rings. The standard InChI is InChI=1S/C35H43N3O8/c1-43-31-17-25-14-15-38(20-27(25)18-32(31)44-2)21-29-19-30(24-12-10-23(22-39)11-13-24)46-35(45-29)26-6-5-7-28(16-26)36-33(40)8-3-4-9-34(41)37-42/h5-7,10-13,16-18,29-30,35,39,42H,3-4,8-9,14-15,19-22H2,1-2H3,(H,36,40)(H,37,41)/t29-,30+,35+/m0/s1. The Kier molecular flexibility index (Phi) is 11.6. The van der Waals surface area contributed by atoms with Crippen molar-refractivity contribution in [3.05, 3.63) is 88.5 Å². The van der Waals surface area contributed by atoms with Crippen molar-refractivity contribution in [2.24, 2.45) is 0 Å². The molecule has 11 heteroatoms. The fraction of sp³-hybridized carbons (Fsp3) is 0.429.